The molecule has 0 N–H and O–H groups in total. The van der Waals surface area contributed by atoms with Crippen LogP contribution in [0.25, 0.3) is 0 Å². The Hall–Kier alpha value is 0.180. The number of thioether (sulfide) groups is 1. The molecule has 2 bridgehead atoms. The summed E-state index contributed by atoms with van der Waals surface area (Å²) < 4.78 is 18.5. The Morgan fingerprint density at radius 3 is 2.82 bits per heavy atom. The smallest absolute Gasteiger partial charge is 0.201 e. The molecule has 0 unspecified atom stereocenters. The van der Waals surface area contributed by atoms with Crippen molar-refractivity contribution < 1.29 is 24.0 Å². The van der Waals surface area contributed by atoms with E-state index in [2.05, 4.69) is 20.4 Å². The molecule has 0 aromatic heterocycles. The van der Waals surface area contributed by atoms with Crippen molar-refractivity contribution in [3.05, 3.63) is 11.6 Å². The second-order valence-electron chi connectivity index (χ2n) is 9.07. The fourth-order valence-corrected chi connectivity index (χ4v) is 6.87. The maximum absolute atomic E-state index is 6.56. The molecule has 0 aromatic rings. The van der Waals surface area contributed by atoms with Gasteiger partial charge in [-0.2, -0.15) is 0 Å². The van der Waals surface area contributed by atoms with E-state index in [1.807, 2.05) is 18.7 Å². The highest BCUT2D eigenvalue weighted by Gasteiger charge is 2.69. The first-order chi connectivity index (χ1) is 13.4. The molecule has 1 spiro atoms. The zero-order valence-corrected chi connectivity index (χ0v) is 18.7. The Labute approximate surface area is 177 Å². The minimum Gasteiger partial charge on any atom is -0.376 e. The van der Waals surface area contributed by atoms with Crippen LogP contribution in [0, 0.1) is 23.7 Å². The molecule has 1 saturated carbocycles. The summed E-state index contributed by atoms with van der Waals surface area (Å²) in [4.78, 5) is 12.1. The molecule has 5 fully saturated rings. The Kier molecular flexibility index (Phi) is 6.40. The molecule has 160 valence electrons. The van der Waals surface area contributed by atoms with E-state index in [0.29, 0.717) is 41.9 Å². The van der Waals surface area contributed by atoms with E-state index < -0.39 is 11.4 Å². The quantitative estimate of drug-likeness (QED) is 0.412. The monoisotopic (exact) mass is 432 g/mol. The summed E-state index contributed by atoms with van der Waals surface area (Å²) in [6.45, 7) is 11.4. The third kappa shape index (κ3) is 3.79. The lowest BCUT2D eigenvalue weighted by Crippen LogP contribution is -2.70. The minimum absolute atomic E-state index is 0.101. The van der Waals surface area contributed by atoms with Crippen LogP contribution in [0.15, 0.2) is 11.6 Å². The van der Waals surface area contributed by atoms with Crippen molar-refractivity contribution in [2.75, 3.05) is 19.0 Å². The predicted molar refractivity (Wildman–Crippen MR) is 110 cm³/mol. The van der Waals surface area contributed by atoms with Crippen LogP contribution >= 0.6 is 23.4 Å². The van der Waals surface area contributed by atoms with Crippen LogP contribution in [0.1, 0.15) is 52.9 Å². The first-order valence-corrected chi connectivity index (χ1v) is 12.0. The number of hydrogen-bond donors (Lipinski definition) is 0. The zero-order chi connectivity index (χ0) is 19.9. The van der Waals surface area contributed by atoms with Gasteiger partial charge in [0.25, 0.3) is 0 Å². The minimum atomic E-state index is -0.703. The predicted octanol–water partition coefficient (Wildman–Crippen LogP) is 5.09. The third-order valence-electron chi connectivity index (χ3n) is 7.07. The lowest BCUT2D eigenvalue weighted by atomic mass is 9.58. The zero-order valence-electron chi connectivity index (χ0n) is 17.2. The van der Waals surface area contributed by atoms with E-state index in [9.17, 15) is 0 Å². The Morgan fingerprint density at radius 1 is 1.21 bits per heavy atom. The molecule has 7 heteroatoms. The fraction of sp³-hybridized carbons (Fsp3) is 0.905. The standard InChI is InChI=1S/C21H33ClO5S/c1-13-6-7-17-15(3)18(28-11-5-10-23-12-14(2)22)24-19-21(17)16(13)8-9-20(4,25-19)26-27-21/h13,15-19H,2,5-12H2,1,3-4H3/t13-,15-,16+,17+,18+,19-,20+,21-/m1/s1. The number of halogens is 1. The van der Waals surface area contributed by atoms with E-state index >= 15 is 0 Å². The van der Waals surface area contributed by atoms with Crippen LogP contribution in [-0.2, 0) is 24.0 Å². The summed E-state index contributed by atoms with van der Waals surface area (Å²) in [7, 11) is 0. The van der Waals surface area contributed by atoms with E-state index in [4.69, 9.17) is 35.6 Å². The second-order valence-corrected chi connectivity index (χ2v) is 10.8. The summed E-state index contributed by atoms with van der Waals surface area (Å²) >= 11 is 7.59. The van der Waals surface area contributed by atoms with Crippen molar-refractivity contribution >= 4 is 23.4 Å². The maximum atomic E-state index is 6.56. The highest BCUT2D eigenvalue weighted by Crippen LogP contribution is 2.61. The molecule has 4 aliphatic heterocycles. The Balaban J connectivity index is 1.43. The molecule has 1 aliphatic carbocycles. The number of rotatable bonds is 7. The van der Waals surface area contributed by atoms with Crippen LogP contribution < -0.4 is 0 Å². The number of hydrogen-bond acceptors (Lipinski definition) is 6. The molecule has 8 atom stereocenters. The normalized spacial score (nSPS) is 47.4. The Bertz CT molecular complexity index is 591. The average molecular weight is 433 g/mol. The van der Waals surface area contributed by atoms with Gasteiger partial charge in [0.05, 0.1) is 6.61 Å². The highest BCUT2D eigenvalue weighted by atomic mass is 35.5. The van der Waals surface area contributed by atoms with Crippen LogP contribution in [0.2, 0.25) is 0 Å². The summed E-state index contributed by atoms with van der Waals surface area (Å²) in [5.74, 6) is 2.07. The van der Waals surface area contributed by atoms with Gasteiger partial charge in [0, 0.05) is 24.0 Å². The molecule has 0 aromatic carbocycles. The fourth-order valence-electron chi connectivity index (χ4n) is 5.61. The van der Waals surface area contributed by atoms with Crippen LogP contribution in [-0.4, -0.2) is 42.1 Å². The largest absolute Gasteiger partial charge is 0.376 e. The molecule has 5 aliphatic rings. The Morgan fingerprint density at radius 2 is 2.04 bits per heavy atom. The van der Waals surface area contributed by atoms with E-state index in [1.54, 1.807) is 0 Å². The van der Waals surface area contributed by atoms with E-state index in [1.165, 1.54) is 6.42 Å². The molecule has 0 radical (unpaired) electrons. The average Bonchev–Trinajstić information content (AvgIpc) is 2.88. The summed E-state index contributed by atoms with van der Waals surface area (Å²) in [6, 6.07) is 0. The van der Waals surface area contributed by atoms with Gasteiger partial charge in [0.15, 0.2) is 11.9 Å². The molecule has 28 heavy (non-hydrogen) atoms. The number of ether oxygens (including phenoxy) is 3. The van der Waals surface area contributed by atoms with E-state index in [-0.39, 0.29) is 11.7 Å². The topological polar surface area (TPSA) is 46.2 Å². The van der Waals surface area contributed by atoms with Crippen molar-refractivity contribution in [2.45, 2.75) is 76.0 Å². The van der Waals surface area contributed by atoms with Crippen molar-refractivity contribution in [1.29, 1.82) is 0 Å². The second kappa shape index (κ2) is 8.37. The molecule has 5 nitrogen and oxygen atoms in total. The van der Waals surface area contributed by atoms with Crippen LogP contribution in [0.3, 0.4) is 0 Å². The van der Waals surface area contributed by atoms with Crippen molar-refractivity contribution in [3.63, 3.8) is 0 Å². The molecular formula is C21H33ClO5S. The molecule has 0 amide bonds. The summed E-state index contributed by atoms with van der Waals surface area (Å²) in [6.07, 6.45) is 4.91. The van der Waals surface area contributed by atoms with Gasteiger partial charge in [0.2, 0.25) is 5.79 Å². The maximum Gasteiger partial charge on any atom is 0.201 e. The first kappa shape index (κ1) is 21.4. The summed E-state index contributed by atoms with van der Waals surface area (Å²) in [5.41, 5.74) is -0.363. The first-order valence-electron chi connectivity index (χ1n) is 10.6. The third-order valence-corrected chi connectivity index (χ3v) is 8.57. The van der Waals surface area contributed by atoms with Gasteiger partial charge < -0.3 is 14.2 Å². The number of fused-ring (bicyclic) bond motifs is 2. The van der Waals surface area contributed by atoms with Gasteiger partial charge in [-0.3, -0.25) is 0 Å². The highest BCUT2D eigenvalue weighted by molar-refractivity contribution is 7.99. The SMILES string of the molecule is C=C(Cl)COCCCS[C@@H]1O[C@@H]2O[C@]3(C)CC[C@H]4[C@H](C)CC[C@@H]([C@H]1C)[C@@]24OO3. The lowest BCUT2D eigenvalue weighted by Gasteiger charge is -2.60. The molecule has 4 saturated heterocycles. The molecule has 4 heterocycles. The van der Waals surface area contributed by atoms with Gasteiger partial charge in [0.1, 0.15) is 5.44 Å². The lowest BCUT2D eigenvalue weighted by molar-refractivity contribution is -0.568. The van der Waals surface area contributed by atoms with Crippen LogP contribution in [0.4, 0.5) is 0 Å². The van der Waals surface area contributed by atoms with Crippen LogP contribution in [0.5, 0.6) is 0 Å². The molecular weight excluding hydrogens is 400 g/mol. The van der Waals surface area contributed by atoms with E-state index in [0.717, 1.165) is 31.4 Å². The van der Waals surface area contributed by atoms with Gasteiger partial charge >= 0.3 is 0 Å². The summed E-state index contributed by atoms with van der Waals surface area (Å²) in [5, 5.41) is 0.541. The van der Waals surface area contributed by atoms with Gasteiger partial charge in [-0.05, 0) is 56.1 Å². The van der Waals surface area contributed by atoms with Gasteiger partial charge in [-0.1, -0.05) is 32.0 Å². The molecule has 5 rings (SSSR count). The van der Waals surface area contributed by atoms with Gasteiger partial charge in [-0.15, -0.1) is 11.8 Å². The van der Waals surface area contributed by atoms with Crippen molar-refractivity contribution in [3.8, 4) is 0 Å². The van der Waals surface area contributed by atoms with Crippen molar-refractivity contribution in [2.24, 2.45) is 23.7 Å². The van der Waals surface area contributed by atoms with Gasteiger partial charge in [-0.25, -0.2) is 9.78 Å². The van der Waals surface area contributed by atoms with Crippen molar-refractivity contribution in [1.82, 2.24) is 0 Å².